The van der Waals surface area contributed by atoms with E-state index < -0.39 is 0 Å². The molecule has 1 N–H and O–H groups in total. The number of rotatable bonds is 4. The summed E-state index contributed by atoms with van der Waals surface area (Å²) >= 11 is 5.23. The van der Waals surface area contributed by atoms with Crippen LogP contribution in [0, 0.1) is 5.82 Å². The molecule has 1 aliphatic carbocycles. The normalized spacial score (nSPS) is 25.3. The highest BCUT2D eigenvalue weighted by Gasteiger charge is 2.26. The Kier molecular flexibility index (Phi) is 5.72. The fourth-order valence-electron chi connectivity index (χ4n) is 2.83. The van der Waals surface area contributed by atoms with Gasteiger partial charge in [0.15, 0.2) is 0 Å². The Hall–Kier alpha value is -0.0600. The van der Waals surface area contributed by atoms with Gasteiger partial charge in [-0.25, -0.2) is 4.39 Å². The van der Waals surface area contributed by atoms with Crippen LogP contribution in [-0.4, -0.2) is 17.5 Å². The third kappa shape index (κ3) is 3.96. The number of nitrogens with one attached hydrogen (secondary N) is 1. The lowest BCUT2D eigenvalue weighted by atomic mass is 9.93. The second-order valence-electron chi connectivity index (χ2n) is 5.22. The molecule has 19 heavy (non-hydrogen) atoms. The van der Waals surface area contributed by atoms with E-state index in [9.17, 15) is 4.39 Å². The summed E-state index contributed by atoms with van der Waals surface area (Å²) in [5, 5.41) is 4.28. The van der Waals surface area contributed by atoms with Crippen molar-refractivity contribution in [2.75, 3.05) is 6.26 Å². The predicted octanol–water partition coefficient (Wildman–Crippen LogP) is 4.91. The number of halogens is 2. The highest BCUT2D eigenvalue weighted by Crippen LogP contribution is 2.29. The van der Waals surface area contributed by atoms with Gasteiger partial charge in [-0.15, -0.1) is 0 Å². The van der Waals surface area contributed by atoms with E-state index in [0.29, 0.717) is 11.3 Å². The Labute approximate surface area is 127 Å². The Balaban J connectivity index is 2.05. The molecule has 0 bridgehead atoms. The summed E-state index contributed by atoms with van der Waals surface area (Å²) in [5.74, 6) is -0.133. The first kappa shape index (κ1) is 15.3. The van der Waals surface area contributed by atoms with Gasteiger partial charge in [0, 0.05) is 27.4 Å². The molecule has 106 valence electrons. The molecule has 4 heteroatoms. The molecule has 1 aromatic rings. The molecule has 0 radical (unpaired) electrons. The molecule has 1 saturated carbocycles. The molecule has 2 rings (SSSR count). The maximum Gasteiger partial charge on any atom is 0.129 e. The topological polar surface area (TPSA) is 12.0 Å². The van der Waals surface area contributed by atoms with E-state index in [2.05, 4.69) is 34.4 Å². The van der Waals surface area contributed by atoms with Crippen LogP contribution in [0.4, 0.5) is 4.39 Å². The molecule has 0 saturated heterocycles. The zero-order valence-corrected chi connectivity index (χ0v) is 13.9. The average molecular weight is 346 g/mol. The molecular formula is C15H21BrFNS. The first-order valence-corrected chi connectivity index (χ1v) is 8.93. The van der Waals surface area contributed by atoms with Gasteiger partial charge in [-0.1, -0.05) is 34.8 Å². The lowest BCUT2D eigenvalue weighted by Crippen LogP contribution is -2.41. The predicted molar refractivity (Wildman–Crippen MR) is 85.2 cm³/mol. The van der Waals surface area contributed by atoms with E-state index in [1.165, 1.54) is 25.7 Å². The van der Waals surface area contributed by atoms with Crippen molar-refractivity contribution < 1.29 is 4.39 Å². The summed E-state index contributed by atoms with van der Waals surface area (Å²) in [6.07, 6.45) is 7.26. The smallest absolute Gasteiger partial charge is 0.129 e. The van der Waals surface area contributed by atoms with Crippen LogP contribution in [0.15, 0.2) is 22.7 Å². The fourth-order valence-corrected chi connectivity index (χ4v) is 4.11. The Bertz CT molecular complexity index is 427. The van der Waals surface area contributed by atoms with Crippen molar-refractivity contribution in [3.8, 4) is 0 Å². The molecule has 0 spiro atoms. The highest BCUT2D eigenvalue weighted by molar-refractivity contribution is 9.10. The van der Waals surface area contributed by atoms with Crippen molar-refractivity contribution in [1.82, 2.24) is 5.32 Å². The minimum atomic E-state index is -0.133. The van der Waals surface area contributed by atoms with Crippen LogP contribution in [0.5, 0.6) is 0 Å². The molecule has 0 heterocycles. The lowest BCUT2D eigenvalue weighted by molar-refractivity contribution is 0.352. The first-order chi connectivity index (χ1) is 9.11. The van der Waals surface area contributed by atoms with Crippen LogP contribution in [0.3, 0.4) is 0 Å². The zero-order valence-electron chi connectivity index (χ0n) is 11.5. The Morgan fingerprint density at radius 2 is 2.11 bits per heavy atom. The monoisotopic (exact) mass is 345 g/mol. The molecule has 1 aliphatic rings. The third-order valence-corrected chi connectivity index (χ3v) is 5.56. The minimum Gasteiger partial charge on any atom is -0.306 e. The van der Waals surface area contributed by atoms with Crippen LogP contribution >= 0.6 is 27.7 Å². The van der Waals surface area contributed by atoms with Gasteiger partial charge in [-0.05, 0) is 38.2 Å². The summed E-state index contributed by atoms with van der Waals surface area (Å²) < 4.78 is 14.8. The molecule has 0 aromatic heterocycles. The third-order valence-electron chi connectivity index (χ3n) is 3.90. The number of benzene rings is 1. The average Bonchev–Trinajstić information content (AvgIpc) is 2.39. The highest BCUT2D eigenvalue weighted by atomic mass is 79.9. The molecule has 0 aliphatic heterocycles. The van der Waals surface area contributed by atoms with E-state index >= 15 is 0 Å². The van der Waals surface area contributed by atoms with Crippen LogP contribution < -0.4 is 5.32 Å². The molecular weight excluding hydrogens is 325 g/mol. The second-order valence-corrected chi connectivity index (χ2v) is 7.21. The van der Waals surface area contributed by atoms with Gasteiger partial charge in [0.2, 0.25) is 0 Å². The number of hydrogen-bond donors (Lipinski definition) is 1. The van der Waals surface area contributed by atoms with Gasteiger partial charge in [0.05, 0.1) is 0 Å². The molecule has 1 nitrogen and oxygen atoms in total. The van der Waals surface area contributed by atoms with E-state index in [0.717, 1.165) is 10.0 Å². The van der Waals surface area contributed by atoms with Gasteiger partial charge < -0.3 is 5.32 Å². The second kappa shape index (κ2) is 7.09. The van der Waals surface area contributed by atoms with E-state index in [1.54, 1.807) is 6.07 Å². The Morgan fingerprint density at radius 1 is 1.37 bits per heavy atom. The van der Waals surface area contributed by atoms with Gasteiger partial charge in [-0.2, -0.15) is 11.8 Å². The van der Waals surface area contributed by atoms with Gasteiger partial charge in [0.25, 0.3) is 0 Å². The summed E-state index contributed by atoms with van der Waals surface area (Å²) in [4.78, 5) is 0. The van der Waals surface area contributed by atoms with Gasteiger partial charge >= 0.3 is 0 Å². The molecule has 3 unspecified atom stereocenters. The first-order valence-electron chi connectivity index (χ1n) is 6.85. The number of hydrogen-bond acceptors (Lipinski definition) is 2. The lowest BCUT2D eigenvalue weighted by Gasteiger charge is -2.33. The summed E-state index contributed by atoms with van der Waals surface area (Å²) in [5.41, 5.74) is 0.758. The largest absolute Gasteiger partial charge is 0.306 e. The molecule has 3 atom stereocenters. The van der Waals surface area contributed by atoms with Crippen LogP contribution in [0.25, 0.3) is 0 Å². The SMILES string of the molecule is CSC1CCCCC1NC(C)c1ccc(Br)cc1F. The van der Waals surface area contributed by atoms with E-state index in [-0.39, 0.29) is 11.9 Å². The van der Waals surface area contributed by atoms with Crippen molar-refractivity contribution in [3.63, 3.8) is 0 Å². The molecule has 1 aromatic carbocycles. The van der Waals surface area contributed by atoms with Crippen LogP contribution in [-0.2, 0) is 0 Å². The minimum absolute atomic E-state index is 0.0610. The van der Waals surface area contributed by atoms with Crippen molar-refractivity contribution in [1.29, 1.82) is 0 Å². The van der Waals surface area contributed by atoms with E-state index in [1.807, 2.05) is 23.9 Å². The molecule has 0 amide bonds. The van der Waals surface area contributed by atoms with Crippen molar-refractivity contribution in [2.24, 2.45) is 0 Å². The van der Waals surface area contributed by atoms with Gasteiger partial charge in [0.1, 0.15) is 5.82 Å². The Morgan fingerprint density at radius 3 is 2.79 bits per heavy atom. The fraction of sp³-hybridized carbons (Fsp3) is 0.600. The van der Waals surface area contributed by atoms with Crippen molar-refractivity contribution in [3.05, 3.63) is 34.1 Å². The summed E-state index contributed by atoms with van der Waals surface area (Å²) in [6.45, 7) is 2.05. The van der Waals surface area contributed by atoms with Crippen LogP contribution in [0.1, 0.15) is 44.2 Å². The summed E-state index contributed by atoms with van der Waals surface area (Å²) in [6, 6.07) is 5.88. The number of thioether (sulfide) groups is 1. The maximum atomic E-state index is 14.0. The zero-order chi connectivity index (χ0) is 13.8. The van der Waals surface area contributed by atoms with Crippen molar-refractivity contribution in [2.45, 2.75) is 49.9 Å². The summed E-state index contributed by atoms with van der Waals surface area (Å²) in [7, 11) is 0. The van der Waals surface area contributed by atoms with Gasteiger partial charge in [-0.3, -0.25) is 0 Å². The maximum absolute atomic E-state index is 14.0. The standard InChI is InChI=1S/C15H21BrFNS/c1-10(12-8-7-11(16)9-13(12)17)18-14-5-3-4-6-15(14)19-2/h7-10,14-15,18H,3-6H2,1-2H3. The van der Waals surface area contributed by atoms with E-state index in [4.69, 9.17) is 0 Å². The quantitative estimate of drug-likeness (QED) is 0.831. The van der Waals surface area contributed by atoms with Crippen molar-refractivity contribution >= 4 is 27.7 Å². The van der Waals surface area contributed by atoms with Crippen LogP contribution in [0.2, 0.25) is 0 Å². The molecule has 1 fully saturated rings.